The van der Waals surface area contributed by atoms with E-state index < -0.39 is 23.5 Å². The summed E-state index contributed by atoms with van der Waals surface area (Å²) in [6, 6.07) is -0.773. The Labute approximate surface area is 189 Å². The average molecular weight is 453 g/mol. The van der Waals surface area contributed by atoms with Gasteiger partial charge in [-0.25, -0.2) is 0 Å². The molecule has 0 aromatic carbocycles. The Bertz CT molecular complexity index is 715. The zero-order valence-corrected chi connectivity index (χ0v) is 18.9. The summed E-state index contributed by atoms with van der Waals surface area (Å²) in [6.45, 7) is 6.99. The maximum absolute atomic E-state index is 13.5. The Hall–Kier alpha value is -1.75. The molecule has 180 valence electrons. The predicted molar refractivity (Wildman–Crippen MR) is 115 cm³/mol. The maximum Gasteiger partial charge on any atom is 0.245 e. The van der Waals surface area contributed by atoms with E-state index in [1.807, 2.05) is 6.92 Å². The van der Waals surface area contributed by atoms with Gasteiger partial charge in [-0.15, -0.1) is 0 Å². The van der Waals surface area contributed by atoms with Crippen LogP contribution < -0.4 is 10.6 Å². The number of nitrogens with one attached hydrogen (secondary N) is 2. The third-order valence-electron chi connectivity index (χ3n) is 7.29. The minimum Gasteiger partial charge on any atom is -0.396 e. The van der Waals surface area contributed by atoms with E-state index in [1.165, 1.54) is 0 Å². The molecule has 5 atom stereocenters. The van der Waals surface area contributed by atoms with Crippen molar-refractivity contribution in [2.24, 2.45) is 11.8 Å². The molecule has 0 aromatic rings. The number of carbonyl (C=O) groups excluding carboxylic acids is 3. The summed E-state index contributed by atoms with van der Waals surface area (Å²) in [4.78, 5) is 43.6. The van der Waals surface area contributed by atoms with Crippen molar-refractivity contribution in [2.45, 2.75) is 50.4 Å². The van der Waals surface area contributed by atoms with Gasteiger partial charge in [0.2, 0.25) is 17.7 Å². The summed E-state index contributed by atoms with van der Waals surface area (Å²) in [6.07, 6.45) is 2.11. The van der Waals surface area contributed by atoms with E-state index in [0.717, 1.165) is 19.5 Å². The Morgan fingerprint density at radius 1 is 1.16 bits per heavy atom. The van der Waals surface area contributed by atoms with E-state index >= 15 is 0 Å². The minimum atomic E-state index is -0.964. The molecule has 3 amide bonds. The number of carbonyl (C=O) groups is 3. The lowest BCUT2D eigenvalue weighted by molar-refractivity contribution is -0.142. The number of rotatable bonds is 10. The molecule has 32 heavy (non-hydrogen) atoms. The van der Waals surface area contributed by atoms with Crippen LogP contribution in [-0.4, -0.2) is 109 Å². The summed E-state index contributed by atoms with van der Waals surface area (Å²) < 4.78 is 11.7. The molecule has 0 aromatic heterocycles. The van der Waals surface area contributed by atoms with Crippen LogP contribution >= 0.6 is 0 Å². The lowest BCUT2D eigenvalue weighted by atomic mass is 9.70. The first-order valence-electron chi connectivity index (χ1n) is 12.0. The first-order valence-corrected chi connectivity index (χ1v) is 12.0. The molecule has 4 saturated heterocycles. The van der Waals surface area contributed by atoms with Gasteiger partial charge >= 0.3 is 0 Å². The number of aliphatic hydroxyl groups is 1. The average Bonchev–Trinajstić information content (AvgIpc) is 3.44. The number of nitrogens with zero attached hydrogens (tertiary/aromatic N) is 2. The molecule has 4 fully saturated rings. The number of ether oxygens (including phenoxy) is 2. The van der Waals surface area contributed by atoms with E-state index in [9.17, 15) is 19.5 Å². The van der Waals surface area contributed by atoms with E-state index in [4.69, 9.17) is 9.47 Å². The van der Waals surface area contributed by atoms with Crippen LogP contribution in [0.2, 0.25) is 0 Å². The Morgan fingerprint density at radius 3 is 2.62 bits per heavy atom. The number of hydrogen-bond acceptors (Lipinski definition) is 7. The van der Waals surface area contributed by atoms with Crippen LogP contribution in [-0.2, 0) is 23.9 Å². The highest BCUT2D eigenvalue weighted by atomic mass is 16.5. The first-order chi connectivity index (χ1) is 15.5. The van der Waals surface area contributed by atoms with Gasteiger partial charge in [-0.2, -0.15) is 0 Å². The minimum absolute atomic E-state index is 0.0727. The van der Waals surface area contributed by atoms with E-state index in [1.54, 1.807) is 4.90 Å². The molecular formula is C22H36N4O6. The third-order valence-corrected chi connectivity index (χ3v) is 7.29. The van der Waals surface area contributed by atoms with Gasteiger partial charge in [-0.05, 0) is 25.7 Å². The molecule has 10 heteroatoms. The summed E-state index contributed by atoms with van der Waals surface area (Å²) in [7, 11) is 0. The molecule has 0 radical (unpaired) electrons. The topological polar surface area (TPSA) is 120 Å². The standard InChI is InChI=1S/C22H36N4O6/c1-2-6-23-19(28)16-15-4-5-22(32-15)17(16)21(30)26(8-3-12-27)18(22)20(29)24-7-9-25-10-13-31-14-11-25/h15-18,27H,2-14H2,1H3,(H,23,28)(H,24,29)/t15-,16+,17+,18?,22?/m1/s1. The monoisotopic (exact) mass is 452 g/mol. The maximum atomic E-state index is 13.5. The van der Waals surface area contributed by atoms with Crippen molar-refractivity contribution in [3.05, 3.63) is 0 Å². The number of likely N-dealkylation sites (tertiary alicyclic amines) is 1. The van der Waals surface area contributed by atoms with Gasteiger partial charge in [0.25, 0.3) is 0 Å². The Kier molecular flexibility index (Phi) is 7.34. The second kappa shape index (κ2) is 10.0. The molecule has 0 saturated carbocycles. The number of fused-ring (bicyclic) bond motifs is 1. The molecule has 0 aliphatic carbocycles. The van der Waals surface area contributed by atoms with Crippen LogP contribution in [0.5, 0.6) is 0 Å². The smallest absolute Gasteiger partial charge is 0.245 e. The quantitative estimate of drug-likeness (QED) is 0.378. The van der Waals surface area contributed by atoms with Gasteiger partial charge in [0.05, 0.1) is 31.2 Å². The molecule has 4 aliphatic heterocycles. The fourth-order valence-corrected chi connectivity index (χ4v) is 5.86. The Morgan fingerprint density at radius 2 is 1.91 bits per heavy atom. The highest BCUT2D eigenvalue weighted by molar-refractivity contribution is 5.98. The largest absolute Gasteiger partial charge is 0.396 e. The van der Waals surface area contributed by atoms with Gasteiger partial charge in [-0.1, -0.05) is 6.92 Å². The van der Waals surface area contributed by atoms with Crippen LogP contribution in [0.15, 0.2) is 0 Å². The van der Waals surface area contributed by atoms with Crippen molar-refractivity contribution in [3.8, 4) is 0 Å². The van der Waals surface area contributed by atoms with Gasteiger partial charge in [0.15, 0.2) is 0 Å². The fraction of sp³-hybridized carbons (Fsp3) is 0.864. The van der Waals surface area contributed by atoms with Gasteiger partial charge in [-0.3, -0.25) is 19.3 Å². The SMILES string of the molecule is CCCNC(=O)[C@@H]1[C@H]2C(=O)N(CCCO)C(C(=O)NCCN3CCOCC3)C23CC[C@H]1O3. The molecular weight excluding hydrogens is 416 g/mol. The highest BCUT2D eigenvalue weighted by Gasteiger charge is 2.74. The summed E-state index contributed by atoms with van der Waals surface area (Å²) >= 11 is 0. The second-order valence-electron chi connectivity index (χ2n) is 9.20. The summed E-state index contributed by atoms with van der Waals surface area (Å²) in [5, 5.41) is 15.3. The van der Waals surface area contributed by atoms with Crippen LogP contribution in [0.4, 0.5) is 0 Å². The van der Waals surface area contributed by atoms with E-state index in [0.29, 0.717) is 52.1 Å². The van der Waals surface area contributed by atoms with Crippen LogP contribution in [0.25, 0.3) is 0 Å². The predicted octanol–water partition coefficient (Wildman–Crippen LogP) is -1.28. The van der Waals surface area contributed by atoms with Crippen molar-refractivity contribution >= 4 is 17.7 Å². The zero-order valence-electron chi connectivity index (χ0n) is 18.9. The van der Waals surface area contributed by atoms with Gasteiger partial charge in [0, 0.05) is 45.9 Å². The van der Waals surface area contributed by atoms with Crippen molar-refractivity contribution < 1.29 is 29.0 Å². The van der Waals surface area contributed by atoms with Crippen LogP contribution in [0.3, 0.4) is 0 Å². The molecule has 1 spiro atoms. The van der Waals surface area contributed by atoms with E-state index in [-0.39, 0.29) is 37.0 Å². The molecule has 2 bridgehead atoms. The molecule has 10 nitrogen and oxygen atoms in total. The number of amides is 3. The Balaban J connectivity index is 1.50. The summed E-state index contributed by atoms with van der Waals surface area (Å²) in [5.41, 5.74) is -0.964. The number of hydrogen-bond donors (Lipinski definition) is 3. The molecule has 4 heterocycles. The lowest BCUT2D eigenvalue weighted by Gasteiger charge is -2.33. The van der Waals surface area contributed by atoms with E-state index in [2.05, 4.69) is 15.5 Å². The highest BCUT2D eigenvalue weighted by Crippen LogP contribution is 2.58. The van der Waals surface area contributed by atoms with Crippen LogP contribution in [0, 0.1) is 11.8 Å². The third kappa shape index (κ3) is 4.13. The van der Waals surface area contributed by atoms with Gasteiger partial charge < -0.3 is 30.1 Å². The molecule has 4 aliphatic rings. The normalized spacial score (nSPS) is 34.1. The van der Waals surface area contributed by atoms with Crippen molar-refractivity contribution in [2.75, 3.05) is 59.1 Å². The summed E-state index contributed by atoms with van der Waals surface area (Å²) in [5.74, 6) is -1.81. The molecule has 3 N–H and O–H groups in total. The van der Waals surface area contributed by atoms with Crippen molar-refractivity contribution in [3.63, 3.8) is 0 Å². The lowest BCUT2D eigenvalue weighted by Crippen LogP contribution is -2.56. The number of morpholine rings is 1. The van der Waals surface area contributed by atoms with Gasteiger partial charge in [0.1, 0.15) is 11.6 Å². The first kappa shape index (κ1) is 23.4. The number of aliphatic hydroxyl groups excluding tert-OH is 1. The van der Waals surface area contributed by atoms with Crippen molar-refractivity contribution in [1.82, 2.24) is 20.4 Å². The van der Waals surface area contributed by atoms with Crippen molar-refractivity contribution in [1.29, 1.82) is 0 Å². The second-order valence-corrected chi connectivity index (χ2v) is 9.20. The fourth-order valence-electron chi connectivity index (χ4n) is 5.86. The molecule has 4 rings (SSSR count). The van der Waals surface area contributed by atoms with Crippen LogP contribution in [0.1, 0.15) is 32.6 Å². The zero-order chi connectivity index (χ0) is 22.7. The molecule has 2 unspecified atom stereocenters.